The Kier molecular flexibility index (Phi) is 4.92. The van der Waals surface area contributed by atoms with Crippen molar-refractivity contribution in [2.75, 3.05) is 13.1 Å². The van der Waals surface area contributed by atoms with Crippen molar-refractivity contribution >= 4 is 11.9 Å². The first-order valence-corrected chi connectivity index (χ1v) is 8.42. The third-order valence-electron chi connectivity index (χ3n) is 4.52. The summed E-state index contributed by atoms with van der Waals surface area (Å²) < 4.78 is 10.5. The molecule has 1 aromatic carbocycles. The van der Waals surface area contributed by atoms with Gasteiger partial charge >= 0.3 is 5.97 Å². The fraction of sp³-hybridized carbons (Fsp3) is 0.444. The summed E-state index contributed by atoms with van der Waals surface area (Å²) in [5, 5.41) is 13.2. The molecular weight excluding hydrogens is 338 g/mol. The number of carbonyl (C=O) groups excluding carboxylic acids is 1. The Morgan fingerprint density at radius 3 is 2.92 bits per heavy atom. The standard InChI is InChI=1S/C18H21N3O5/c1-12-19-15(20-26-12)10-25-14-6-3-5-13(9-14)16(22)21-8-4-7-18(2,11-21)17(23)24/h3,5-6,9H,4,7-8,10-11H2,1-2H3,(H,23,24). The molecule has 26 heavy (non-hydrogen) atoms. The molecule has 0 bridgehead atoms. The summed E-state index contributed by atoms with van der Waals surface area (Å²) in [5.41, 5.74) is -0.445. The van der Waals surface area contributed by atoms with Crippen LogP contribution in [0.3, 0.4) is 0 Å². The molecule has 1 fully saturated rings. The Morgan fingerprint density at radius 1 is 1.42 bits per heavy atom. The minimum atomic E-state index is -0.904. The van der Waals surface area contributed by atoms with E-state index in [1.165, 1.54) is 0 Å². The van der Waals surface area contributed by atoms with Crippen molar-refractivity contribution in [2.45, 2.75) is 33.3 Å². The zero-order valence-corrected chi connectivity index (χ0v) is 14.8. The SMILES string of the molecule is Cc1nc(COc2cccc(C(=O)N3CCCC(C)(C(=O)O)C3)c2)no1. The van der Waals surface area contributed by atoms with Crippen LogP contribution in [-0.2, 0) is 11.4 Å². The van der Waals surface area contributed by atoms with E-state index in [0.717, 1.165) is 0 Å². The molecule has 2 aromatic rings. The molecule has 1 saturated heterocycles. The molecule has 1 atom stereocenters. The van der Waals surface area contributed by atoms with Gasteiger partial charge in [-0.15, -0.1) is 0 Å². The molecule has 0 aliphatic carbocycles. The number of hydrogen-bond acceptors (Lipinski definition) is 6. The lowest BCUT2D eigenvalue weighted by Crippen LogP contribution is -2.48. The van der Waals surface area contributed by atoms with Crippen molar-refractivity contribution in [3.05, 3.63) is 41.5 Å². The molecule has 1 unspecified atom stereocenters. The summed E-state index contributed by atoms with van der Waals surface area (Å²) in [6.45, 7) is 4.26. The number of rotatable bonds is 5. The first kappa shape index (κ1) is 17.9. The van der Waals surface area contributed by atoms with Crippen LogP contribution in [0.1, 0.15) is 41.8 Å². The van der Waals surface area contributed by atoms with E-state index in [4.69, 9.17) is 9.26 Å². The fourth-order valence-corrected chi connectivity index (χ4v) is 3.04. The summed E-state index contributed by atoms with van der Waals surface area (Å²) >= 11 is 0. The second kappa shape index (κ2) is 7.15. The number of nitrogens with zero attached hydrogens (tertiary/aromatic N) is 3. The van der Waals surface area contributed by atoms with Crippen LogP contribution in [0.15, 0.2) is 28.8 Å². The number of benzene rings is 1. The predicted molar refractivity (Wildman–Crippen MR) is 90.7 cm³/mol. The van der Waals surface area contributed by atoms with Gasteiger partial charge in [-0.1, -0.05) is 11.2 Å². The summed E-state index contributed by atoms with van der Waals surface area (Å²) in [6, 6.07) is 6.80. The second-order valence-electron chi connectivity index (χ2n) is 6.74. The van der Waals surface area contributed by atoms with Crippen LogP contribution in [0.25, 0.3) is 0 Å². The molecule has 1 aromatic heterocycles. The smallest absolute Gasteiger partial charge is 0.311 e. The summed E-state index contributed by atoms with van der Waals surface area (Å²) in [6.07, 6.45) is 1.24. The van der Waals surface area contributed by atoms with Crippen LogP contribution in [0, 0.1) is 12.3 Å². The van der Waals surface area contributed by atoms with Crippen molar-refractivity contribution < 1.29 is 24.0 Å². The van der Waals surface area contributed by atoms with Gasteiger partial charge in [0, 0.05) is 25.6 Å². The molecule has 8 heteroatoms. The zero-order chi connectivity index (χ0) is 18.7. The van der Waals surface area contributed by atoms with Crippen molar-refractivity contribution in [3.8, 4) is 5.75 Å². The highest BCUT2D eigenvalue weighted by Gasteiger charge is 2.39. The Hall–Kier alpha value is -2.90. The van der Waals surface area contributed by atoms with E-state index in [9.17, 15) is 14.7 Å². The number of hydrogen-bond donors (Lipinski definition) is 1. The van der Waals surface area contributed by atoms with Crippen LogP contribution < -0.4 is 4.74 Å². The van der Waals surface area contributed by atoms with Crippen molar-refractivity contribution in [3.63, 3.8) is 0 Å². The Labute approximate surface area is 150 Å². The number of piperidine rings is 1. The summed E-state index contributed by atoms with van der Waals surface area (Å²) in [4.78, 5) is 29.9. The second-order valence-corrected chi connectivity index (χ2v) is 6.74. The third kappa shape index (κ3) is 3.84. The molecule has 138 valence electrons. The molecule has 0 spiro atoms. The number of likely N-dealkylation sites (tertiary alicyclic amines) is 1. The number of ether oxygens (including phenoxy) is 1. The van der Waals surface area contributed by atoms with Crippen LogP contribution >= 0.6 is 0 Å². The van der Waals surface area contributed by atoms with Crippen LogP contribution in [-0.4, -0.2) is 45.1 Å². The quantitative estimate of drug-likeness (QED) is 0.873. The van der Waals surface area contributed by atoms with E-state index in [2.05, 4.69) is 10.1 Å². The van der Waals surface area contributed by atoms with Gasteiger partial charge in [-0.2, -0.15) is 4.98 Å². The number of aryl methyl sites for hydroxylation is 1. The molecule has 3 rings (SSSR count). The van der Waals surface area contributed by atoms with Crippen LogP contribution in [0.5, 0.6) is 5.75 Å². The van der Waals surface area contributed by atoms with Gasteiger partial charge in [0.15, 0.2) is 6.61 Å². The number of amides is 1. The minimum Gasteiger partial charge on any atom is -0.485 e. The third-order valence-corrected chi connectivity index (χ3v) is 4.52. The normalized spacial score (nSPS) is 20.0. The fourth-order valence-electron chi connectivity index (χ4n) is 3.04. The lowest BCUT2D eigenvalue weighted by molar-refractivity contribution is -0.150. The maximum atomic E-state index is 12.8. The lowest BCUT2D eigenvalue weighted by atomic mass is 9.82. The van der Waals surface area contributed by atoms with Crippen LogP contribution in [0.4, 0.5) is 0 Å². The highest BCUT2D eigenvalue weighted by Crippen LogP contribution is 2.30. The monoisotopic (exact) mass is 359 g/mol. The highest BCUT2D eigenvalue weighted by molar-refractivity contribution is 5.95. The average Bonchev–Trinajstić information content (AvgIpc) is 3.05. The maximum absolute atomic E-state index is 12.8. The molecule has 2 heterocycles. The van der Waals surface area contributed by atoms with Gasteiger partial charge in [0.1, 0.15) is 5.75 Å². The summed E-state index contributed by atoms with van der Waals surface area (Å²) in [5.74, 6) is 0.323. The van der Waals surface area contributed by atoms with Gasteiger partial charge < -0.3 is 19.3 Å². The van der Waals surface area contributed by atoms with Crippen molar-refractivity contribution in [1.29, 1.82) is 0 Å². The van der Waals surface area contributed by atoms with E-state index in [-0.39, 0.29) is 19.1 Å². The molecule has 1 N–H and O–H groups in total. The van der Waals surface area contributed by atoms with E-state index >= 15 is 0 Å². The molecule has 1 aliphatic rings. The minimum absolute atomic E-state index is 0.135. The first-order valence-electron chi connectivity index (χ1n) is 8.42. The zero-order valence-electron chi connectivity index (χ0n) is 14.8. The van der Waals surface area contributed by atoms with Gasteiger partial charge in [0.25, 0.3) is 5.91 Å². The highest BCUT2D eigenvalue weighted by atomic mass is 16.5. The lowest BCUT2D eigenvalue weighted by Gasteiger charge is -2.37. The predicted octanol–water partition coefficient (Wildman–Crippen LogP) is 2.28. The average molecular weight is 359 g/mol. The number of aromatic nitrogens is 2. The number of aliphatic carboxylic acids is 1. The molecule has 1 aliphatic heterocycles. The largest absolute Gasteiger partial charge is 0.485 e. The molecular formula is C18H21N3O5. The maximum Gasteiger partial charge on any atom is 0.311 e. The first-order chi connectivity index (χ1) is 12.4. The summed E-state index contributed by atoms with van der Waals surface area (Å²) in [7, 11) is 0. The van der Waals surface area contributed by atoms with E-state index in [0.29, 0.717) is 42.4 Å². The van der Waals surface area contributed by atoms with Gasteiger partial charge in [-0.25, -0.2) is 0 Å². The van der Waals surface area contributed by atoms with Gasteiger partial charge in [0.05, 0.1) is 5.41 Å². The number of carbonyl (C=O) groups is 2. The van der Waals surface area contributed by atoms with E-state index in [1.54, 1.807) is 43.0 Å². The Morgan fingerprint density at radius 2 is 2.23 bits per heavy atom. The molecule has 8 nitrogen and oxygen atoms in total. The molecule has 0 saturated carbocycles. The van der Waals surface area contributed by atoms with E-state index < -0.39 is 11.4 Å². The van der Waals surface area contributed by atoms with E-state index in [1.807, 2.05) is 0 Å². The Bertz CT molecular complexity index is 819. The van der Waals surface area contributed by atoms with Gasteiger partial charge in [-0.3, -0.25) is 9.59 Å². The Balaban J connectivity index is 1.68. The number of carboxylic acids is 1. The van der Waals surface area contributed by atoms with Crippen LogP contribution in [0.2, 0.25) is 0 Å². The topological polar surface area (TPSA) is 106 Å². The molecule has 1 amide bonds. The molecule has 0 radical (unpaired) electrons. The van der Waals surface area contributed by atoms with Crippen molar-refractivity contribution in [1.82, 2.24) is 15.0 Å². The number of carboxylic acid groups (broad SMARTS) is 1. The van der Waals surface area contributed by atoms with Gasteiger partial charge in [0.2, 0.25) is 11.7 Å². The van der Waals surface area contributed by atoms with Crippen molar-refractivity contribution in [2.24, 2.45) is 5.41 Å². The van der Waals surface area contributed by atoms with Gasteiger partial charge in [-0.05, 0) is 38.0 Å².